The van der Waals surface area contributed by atoms with Crippen LogP contribution in [0, 0.1) is 17.8 Å². The lowest BCUT2D eigenvalue weighted by Gasteiger charge is -2.17. The number of allylic oxidation sites excluding steroid dienone is 1. The average Bonchev–Trinajstić information content (AvgIpc) is 3.29. The van der Waals surface area contributed by atoms with Crippen LogP contribution in [0.25, 0.3) is 0 Å². The molecule has 3 rings (SSSR count). The highest BCUT2D eigenvalue weighted by Gasteiger charge is 2.46. The molecule has 2 aliphatic carbocycles. The molecule has 0 amide bonds. The van der Waals surface area contributed by atoms with Gasteiger partial charge in [-0.1, -0.05) is 25.0 Å². The van der Waals surface area contributed by atoms with Gasteiger partial charge in [0.05, 0.1) is 12.2 Å². The van der Waals surface area contributed by atoms with Gasteiger partial charge in [-0.2, -0.15) is 0 Å². The number of aliphatic hydroxyl groups excluding tert-OH is 2. The highest BCUT2D eigenvalue weighted by Crippen LogP contribution is 2.43. The molecule has 146 valence electrons. The topological polar surface area (TPSA) is 87.0 Å². The van der Waals surface area contributed by atoms with Gasteiger partial charge in [0.2, 0.25) is 0 Å². The molecule has 0 aromatic carbocycles. The van der Waals surface area contributed by atoms with Gasteiger partial charge in [-0.25, -0.2) is 4.39 Å². The van der Waals surface area contributed by atoms with Crippen LogP contribution < -0.4 is 0 Å². The maximum Gasteiger partial charge on any atom is 0.303 e. The van der Waals surface area contributed by atoms with E-state index >= 15 is 0 Å². The molecule has 2 fully saturated rings. The van der Waals surface area contributed by atoms with Gasteiger partial charge in [-0.05, 0) is 37.7 Å². The smallest absolute Gasteiger partial charge is 0.303 e. The summed E-state index contributed by atoms with van der Waals surface area (Å²) in [5.74, 6) is -0.628. The van der Waals surface area contributed by atoms with Crippen molar-refractivity contribution < 1.29 is 29.2 Å². The molecule has 0 aromatic heterocycles. The summed E-state index contributed by atoms with van der Waals surface area (Å²) in [5.41, 5.74) is 0. The quantitative estimate of drug-likeness (QED) is 0.574. The second kappa shape index (κ2) is 8.53. The van der Waals surface area contributed by atoms with Crippen molar-refractivity contribution >= 4 is 5.97 Å². The number of carbonyl (C=O) groups is 1. The Morgan fingerprint density at radius 1 is 1.38 bits per heavy atom. The van der Waals surface area contributed by atoms with Gasteiger partial charge >= 0.3 is 5.97 Å². The first-order valence-corrected chi connectivity index (χ1v) is 9.74. The number of aliphatic hydroxyl groups is 2. The zero-order chi connectivity index (χ0) is 18.7. The number of carboxylic acids is 1. The van der Waals surface area contributed by atoms with Crippen LogP contribution >= 0.6 is 0 Å². The van der Waals surface area contributed by atoms with Crippen molar-refractivity contribution in [3.8, 4) is 0 Å². The van der Waals surface area contributed by atoms with Crippen LogP contribution in [0.2, 0.25) is 0 Å². The molecule has 1 aliphatic heterocycles. The molecule has 0 aromatic rings. The fourth-order valence-corrected chi connectivity index (χ4v) is 4.51. The highest BCUT2D eigenvalue weighted by molar-refractivity contribution is 5.66. The van der Waals surface area contributed by atoms with Crippen LogP contribution in [0.15, 0.2) is 24.0 Å². The summed E-state index contributed by atoms with van der Waals surface area (Å²) in [6, 6.07) is 0. The molecule has 0 unspecified atom stereocenters. The molecule has 2 saturated carbocycles. The molecule has 0 saturated heterocycles. The molecular weight excluding hydrogens is 339 g/mol. The third kappa shape index (κ3) is 4.46. The van der Waals surface area contributed by atoms with E-state index in [1.165, 1.54) is 0 Å². The van der Waals surface area contributed by atoms with Crippen molar-refractivity contribution in [2.75, 3.05) is 0 Å². The second-order valence-electron chi connectivity index (χ2n) is 7.86. The normalized spacial score (nSPS) is 33.9. The summed E-state index contributed by atoms with van der Waals surface area (Å²) in [5, 5.41) is 29.2. The van der Waals surface area contributed by atoms with E-state index in [-0.39, 0.29) is 43.0 Å². The molecule has 1 heterocycles. The minimum absolute atomic E-state index is 0.0519. The Kier molecular flexibility index (Phi) is 6.35. The summed E-state index contributed by atoms with van der Waals surface area (Å²) < 4.78 is 20.0. The van der Waals surface area contributed by atoms with E-state index in [9.17, 15) is 19.4 Å². The number of hydrogen-bond donors (Lipinski definition) is 3. The summed E-state index contributed by atoms with van der Waals surface area (Å²) in [6.07, 6.45) is 8.02. The summed E-state index contributed by atoms with van der Waals surface area (Å²) in [7, 11) is 0. The highest BCUT2D eigenvalue weighted by atomic mass is 19.1. The van der Waals surface area contributed by atoms with Gasteiger partial charge in [0, 0.05) is 24.7 Å². The van der Waals surface area contributed by atoms with Gasteiger partial charge < -0.3 is 20.1 Å². The fraction of sp³-hybridized carbons (Fsp3) is 0.750. The monoisotopic (exact) mass is 368 g/mol. The van der Waals surface area contributed by atoms with E-state index < -0.39 is 24.3 Å². The zero-order valence-electron chi connectivity index (χ0n) is 15.0. The maximum atomic E-state index is 14.3. The lowest BCUT2D eigenvalue weighted by atomic mass is 9.91. The molecule has 0 bridgehead atoms. The Labute approximate surface area is 153 Å². The van der Waals surface area contributed by atoms with Crippen LogP contribution in [0.1, 0.15) is 51.4 Å². The number of halogens is 1. The number of alkyl halides is 1. The summed E-state index contributed by atoms with van der Waals surface area (Å²) in [6.45, 7) is 0. The van der Waals surface area contributed by atoms with Crippen LogP contribution in [-0.2, 0) is 9.53 Å². The molecule has 3 N–H and O–H groups in total. The number of ether oxygens (including phenoxy) is 1. The van der Waals surface area contributed by atoms with E-state index in [1.54, 1.807) is 12.2 Å². The first-order chi connectivity index (χ1) is 12.5. The number of carboxylic acid groups (broad SMARTS) is 1. The number of rotatable bonds is 8. The molecular formula is C20H29FO5. The lowest BCUT2D eigenvalue weighted by Crippen LogP contribution is -2.19. The van der Waals surface area contributed by atoms with Crippen LogP contribution in [0.4, 0.5) is 4.39 Å². The van der Waals surface area contributed by atoms with Gasteiger partial charge in [-0.15, -0.1) is 0 Å². The molecule has 6 heteroatoms. The minimum atomic E-state index is -1.30. The third-order valence-electron chi connectivity index (χ3n) is 6.01. The largest absolute Gasteiger partial charge is 0.491 e. The predicted molar refractivity (Wildman–Crippen MR) is 94.0 cm³/mol. The summed E-state index contributed by atoms with van der Waals surface area (Å²) >= 11 is 0. The maximum absolute atomic E-state index is 14.3. The second-order valence-corrected chi connectivity index (χ2v) is 7.86. The standard InChI is InChI=1S/C20H29FO5/c21-15(6-3-7-20(24)25)19-10-14-13(17(23)11-18(14)26-19)8-9-16(22)12-4-1-2-5-12/h8-10,12-18,22-23H,1-7,11H2,(H,24,25)/b9-8+/t13-,14-,15-,16+,17-,18+/m1/s1. The van der Waals surface area contributed by atoms with Crippen molar-refractivity contribution in [2.45, 2.75) is 75.9 Å². The number of aliphatic carboxylic acids is 1. The Hall–Kier alpha value is -1.40. The van der Waals surface area contributed by atoms with Gasteiger partial charge in [0.25, 0.3) is 0 Å². The van der Waals surface area contributed by atoms with E-state index in [2.05, 4.69) is 0 Å². The third-order valence-corrected chi connectivity index (χ3v) is 6.01. The molecule has 0 spiro atoms. The lowest BCUT2D eigenvalue weighted by molar-refractivity contribution is -0.137. The van der Waals surface area contributed by atoms with Crippen LogP contribution in [0.5, 0.6) is 0 Å². The Morgan fingerprint density at radius 3 is 2.81 bits per heavy atom. The van der Waals surface area contributed by atoms with E-state index in [1.807, 2.05) is 6.08 Å². The van der Waals surface area contributed by atoms with Gasteiger partial charge in [-0.3, -0.25) is 4.79 Å². The Balaban J connectivity index is 1.58. The Bertz CT molecular complexity index is 554. The van der Waals surface area contributed by atoms with Crippen LogP contribution in [-0.4, -0.2) is 45.8 Å². The fourth-order valence-electron chi connectivity index (χ4n) is 4.51. The summed E-state index contributed by atoms with van der Waals surface area (Å²) in [4.78, 5) is 10.5. The first-order valence-electron chi connectivity index (χ1n) is 9.74. The minimum Gasteiger partial charge on any atom is -0.491 e. The molecule has 26 heavy (non-hydrogen) atoms. The SMILES string of the molecule is O=C(O)CCC[C@@H](F)C1=C[C@@H]2[C@@H](/C=C/[C@H](O)C3CCCC3)[C@H](O)C[C@@H]2O1. The van der Waals surface area contributed by atoms with Crippen molar-refractivity contribution in [2.24, 2.45) is 17.8 Å². The van der Waals surface area contributed by atoms with E-state index in [4.69, 9.17) is 9.84 Å². The molecule has 6 atom stereocenters. The van der Waals surface area contributed by atoms with E-state index in [0.717, 1.165) is 25.7 Å². The van der Waals surface area contributed by atoms with Gasteiger partial charge in [0.15, 0.2) is 6.17 Å². The average molecular weight is 368 g/mol. The number of hydrogen-bond acceptors (Lipinski definition) is 4. The van der Waals surface area contributed by atoms with Crippen molar-refractivity contribution in [1.82, 2.24) is 0 Å². The molecule has 0 radical (unpaired) electrons. The molecule has 3 aliphatic rings. The Morgan fingerprint density at radius 2 is 2.12 bits per heavy atom. The van der Waals surface area contributed by atoms with Crippen molar-refractivity contribution in [3.63, 3.8) is 0 Å². The van der Waals surface area contributed by atoms with E-state index in [0.29, 0.717) is 12.3 Å². The van der Waals surface area contributed by atoms with Crippen molar-refractivity contribution in [3.05, 3.63) is 24.0 Å². The predicted octanol–water partition coefficient (Wildman–Crippen LogP) is 2.97. The van der Waals surface area contributed by atoms with Crippen molar-refractivity contribution in [1.29, 1.82) is 0 Å². The first kappa shape index (κ1) is 19.4. The molecule has 5 nitrogen and oxygen atoms in total. The van der Waals surface area contributed by atoms with Crippen LogP contribution in [0.3, 0.4) is 0 Å². The van der Waals surface area contributed by atoms with Gasteiger partial charge in [0.1, 0.15) is 11.9 Å². The zero-order valence-corrected chi connectivity index (χ0v) is 15.0. The number of fused-ring (bicyclic) bond motifs is 1.